The topological polar surface area (TPSA) is 71.5 Å². The predicted molar refractivity (Wildman–Crippen MR) is 102 cm³/mol. The van der Waals surface area contributed by atoms with Crippen LogP contribution in [0, 0.1) is 0 Å². The van der Waals surface area contributed by atoms with Crippen molar-refractivity contribution in [3.63, 3.8) is 0 Å². The molecule has 0 radical (unpaired) electrons. The van der Waals surface area contributed by atoms with Crippen LogP contribution in [0.15, 0.2) is 36.5 Å². The number of halogens is 6. The Balaban J connectivity index is 2.16. The van der Waals surface area contributed by atoms with Crippen LogP contribution in [0.5, 0.6) is 17.2 Å². The van der Waals surface area contributed by atoms with E-state index in [1.165, 1.54) is 18.2 Å². The molecule has 3 rings (SSSR count). The number of nitrogens with one attached hydrogen (secondary N) is 1. The molecular formula is C21H17F6NO4. The van der Waals surface area contributed by atoms with Gasteiger partial charge in [-0.3, -0.25) is 0 Å². The number of H-pyrrole nitrogens is 1. The number of fused-ring (bicyclic) bond motifs is 1. The number of hydrogen-bond acceptors (Lipinski definition) is 3. The number of alkyl halides is 6. The number of carboxylic acids is 1. The maximum Gasteiger partial charge on any atom is 0.420 e. The highest BCUT2D eigenvalue weighted by Crippen LogP contribution is 2.48. The van der Waals surface area contributed by atoms with Gasteiger partial charge >= 0.3 is 18.3 Å². The van der Waals surface area contributed by atoms with Gasteiger partial charge in [0.25, 0.3) is 0 Å². The summed E-state index contributed by atoms with van der Waals surface area (Å²) in [5, 5.41) is 9.21. The van der Waals surface area contributed by atoms with E-state index < -0.39 is 47.6 Å². The maximum absolute atomic E-state index is 13.6. The Kier molecular flexibility index (Phi) is 6.03. The van der Waals surface area contributed by atoms with Crippen molar-refractivity contribution in [2.24, 2.45) is 0 Å². The summed E-state index contributed by atoms with van der Waals surface area (Å²) in [5.41, 5.74) is -2.03. The van der Waals surface area contributed by atoms with Crippen LogP contribution in [-0.2, 0) is 17.1 Å². The van der Waals surface area contributed by atoms with Crippen LogP contribution in [0.25, 0.3) is 10.9 Å². The minimum Gasteiger partial charge on any atom is -0.482 e. The van der Waals surface area contributed by atoms with Crippen LogP contribution in [-0.4, -0.2) is 22.7 Å². The standard InChI is InChI=1S/C21H17F6NO4/c1-10(2)14-8-28-17-4-3-11(5-13(14)17)32-19-15(20(22,23)24)6-12(31-9-18(29)30)7-16(19)21(25,26)27/h3-8,10,28H,9H2,1-2H3,(H,29,30). The molecule has 0 amide bonds. The third-order valence-electron chi connectivity index (χ3n) is 4.56. The Bertz CT molecular complexity index is 1110. The average molecular weight is 461 g/mol. The molecule has 0 unspecified atom stereocenters. The van der Waals surface area contributed by atoms with Gasteiger partial charge in [0.15, 0.2) is 12.4 Å². The maximum atomic E-state index is 13.6. The summed E-state index contributed by atoms with van der Waals surface area (Å²) in [4.78, 5) is 13.6. The van der Waals surface area contributed by atoms with Gasteiger partial charge in [-0.1, -0.05) is 13.8 Å². The van der Waals surface area contributed by atoms with Crippen LogP contribution in [0.4, 0.5) is 26.3 Å². The smallest absolute Gasteiger partial charge is 0.420 e. The zero-order chi connectivity index (χ0) is 23.8. The van der Waals surface area contributed by atoms with Gasteiger partial charge < -0.3 is 19.6 Å². The lowest BCUT2D eigenvalue weighted by molar-refractivity contribution is -0.145. The molecule has 32 heavy (non-hydrogen) atoms. The molecule has 0 saturated heterocycles. The minimum absolute atomic E-state index is 0.0427. The fourth-order valence-corrected chi connectivity index (χ4v) is 3.14. The van der Waals surface area contributed by atoms with Gasteiger partial charge in [0, 0.05) is 17.1 Å². The van der Waals surface area contributed by atoms with Crippen LogP contribution in [0.3, 0.4) is 0 Å². The number of ether oxygens (including phenoxy) is 2. The molecule has 5 nitrogen and oxygen atoms in total. The highest BCUT2D eigenvalue weighted by Gasteiger charge is 2.43. The lowest BCUT2D eigenvalue weighted by Gasteiger charge is -2.20. The summed E-state index contributed by atoms with van der Waals surface area (Å²) in [6.07, 6.45) is -8.77. The second-order valence-electron chi connectivity index (χ2n) is 7.23. The fourth-order valence-electron chi connectivity index (χ4n) is 3.14. The molecule has 172 valence electrons. The van der Waals surface area contributed by atoms with Crippen LogP contribution in [0.2, 0.25) is 0 Å². The average Bonchev–Trinajstić information content (AvgIpc) is 3.08. The van der Waals surface area contributed by atoms with Crippen molar-refractivity contribution in [3.05, 3.63) is 53.2 Å². The second kappa shape index (κ2) is 8.29. The summed E-state index contributed by atoms with van der Waals surface area (Å²) in [6, 6.07) is 4.65. The van der Waals surface area contributed by atoms with E-state index in [2.05, 4.69) is 9.72 Å². The quantitative estimate of drug-likeness (QED) is 0.407. The third-order valence-corrected chi connectivity index (χ3v) is 4.56. The van der Waals surface area contributed by atoms with E-state index in [4.69, 9.17) is 9.84 Å². The van der Waals surface area contributed by atoms with E-state index in [-0.39, 0.29) is 23.8 Å². The largest absolute Gasteiger partial charge is 0.482 e. The summed E-state index contributed by atoms with van der Waals surface area (Å²) >= 11 is 0. The highest BCUT2D eigenvalue weighted by molar-refractivity contribution is 5.85. The number of hydrogen-bond donors (Lipinski definition) is 2. The van der Waals surface area contributed by atoms with E-state index in [0.717, 1.165) is 5.56 Å². The van der Waals surface area contributed by atoms with Gasteiger partial charge in [-0.2, -0.15) is 26.3 Å². The van der Waals surface area contributed by atoms with Crippen LogP contribution >= 0.6 is 0 Å². The van der Waals surface area contributed by atoms with Crippen LogP contribution < -0.4 is 9.47 Å². The van der Waals surface area contributed by atoms with Gasteiger partial charge in [-0.15, -0.1) is 0 Å². The minimum atomic E-state index is -5.24. The van der Waals surface area contributed by atoms with Crippen molar-refractivity contribution < 1.29 is 45.7 Å². The summed E-state index contributed by atoms with van der Waals surface area (Å²) in [5.74, 6) is -4.10. The number of benzene rings is 2. The summed E-state index contributed by atoms with van der Waals surface area (Å²) in [6.45, 7) is 2.65. The molecule has 2 aromatic carbocycles. The van der Waals surface area contributed by atoms with Gasteiger partial charge in [-0.05, 0) is 41.8 Å². The van der Waals surface area contributed by atoms with Crippen molar-refractivity contribution in [1.82, 2.24) is 4.98 Å². The Morgan fingerprint density at radius 3 is 2.09 bits per heavy atom. The summed E-state index contributed by atoms with van der Waals surface area (Å²) in [7, 11) is 0. The van der Waals surface area contributed by atoms with Crippen LogP contribution in [0.1, 0.15) is 36.5 Å². The number of rotatable bonds is 6. The molecule has 0 fully saturated rings. The monoisotopic (exact) mass is 461 g/mol. The van der Waals surface area contributed by atoms with Gasteiger partial charge in [0.05, 0.1) is 0 Å². The Hall–Kier alpha value is -3.37. The Morgan fingerprint density at radius 1 is 1.00 bits per heavy atom. The van der Waals surface area contributed by atoms with E-state index >= 15 is 0 Å². The molecule has 0 bridgehead atoms. The molecule has 1 heterocycles. The molecule has 0 saturated carbocycles. The molecule has 0 aliphatic heterocycles. The first-order valence-electron chi connectivity index (χ1n) is 9.23. The number of carbonyl (C=O) groups is 1. The lowest BCUT2D eigenvalue weighted by Crippen LogP contribution is -2.16. The van der Waals surface area contributed by atoms with Crippen molar-refractivity contribution in [2.75, 3.05) is 6.61 Å². The van der Waals surface area contributed by atoms with Crippen molar-refractivity contribution >= 4 is 16.9 Å². The molecule has 0 spiro atoms. The lowest BCUT2D eigenvalue weighted by atomic mass is 10.0. The van der Waals surface area contributed by atoms with Gasteiger partial charge in [0.2, 0.25) is 0 Å². The molecule has 0 atom stereocenters. The van der Waals surface area contributed by atoms with E-state index in [1.54, 1.807) is 6.20 Å². The van der Waals surface area contributed by atoms with E-state index in [0.29, 0.717) is 10.9 Å². The van der Waals surface area contributed by atoms with Gasteiger partial charge in [-0.25, -0.2) is 4.79 Å². The number of carboxylic acid groups (broad SMARTS) is 1. The van der Waals surface area contributed by atoms with E-state index in [1.807, 2.05) is 13.8 Å². The molecule has 3 aromatic rings. The molecule has 2 N–H and O–H groups in total. The molecular weight excluding hydrogens is 444 g/mol. The number of aromatic nitrogens is 1. The molecule has 0 aliphatic rings. The number of aliphatic carboxylic acids is 1. The molecule has 1 aromatic heterocycles. The second-order valence-corrected chi connectivity index (χ2v) is 7.23. The van der Waals surface area contributed by atoms with E-state index in [9.17, 15) is 31.1 Å². The normalized spacial score (nSPS) is 12.4. The first kappa shape index (κ1) is 23.3. The predicted octanol–water partition coefficient (Wildman–Crippen LogP) is 6.58. The first-order valence-corrected chi connectivity index (χ1v) is 9.23. The third kappa shape index (κ3) is 4.92. The number of aromatic amines is 1. The highest BCUT2D eigenvalue weighted by atomic mass is 19.4. The van der Waals surface area contributed by atoms with Crippen molar-refractivity contribution in [1.29, 1.82) is 0 Å². The van der Waals surface area contributed by atoms with Crippen molar-refractivity contribution in [2.45, 2.75) is 32.1 Å². The molecule has 11 heteroatoms. The fraction of sp³-hybridized carbons (Fsp3) is 0.286. The zero-order valence-electron chi connectivity index (χ0n) is 16.7. The van der Waals surface area contributed by atoms with Gasteiger partial charge in [0.1, 0.15) is 22.6 Å². The Labute approximate surface area is 177 Å². The van der Waals surface area contributed by atoms with Crippen molar-refractivity contribution in [3.8, 4) is 17.2 Å². The summed E-state index contributed by atoms with van der Waals surface area (Å²) < 4.78 is 91.6. The zero-order valence-corrected chi connectivity index (χ0v) is 16.7. The SMILES string of the molecule is CC(C)c1c[nH]c2ccc(Oc3c(C(F)(F)F)cc(OCC(=O)O)cc3C(F)(F)F)cc12. The Morgan fingerprint density at radius 2 is 1.59 bits per heavy atom. The first-order chi connectivity index (χ1) is 14.8. The molecule has 0 aliphatic carbocycles.